The van der Waals surface area contributed by atoms with Crippen molar-refractivity contribution in [2.24, 2.45) is 10.7 Å². The standard InChI is InChI=1S/C16H15F2N5O3S/c1-23-16(19)22-14(8-27(23,25)26)11-6-10(3-4-12(11)18)21-15(24)13-5-2-9(17)7-20-13/h2-7,14H,8H2,1H3,(H2,19,22)(H,21,24)/t14-/m0/s1. The van der Waals surface area contributed by atoms with Gasteiger partial charge in [0.15, 0.2) is 0 Å². The van der Waals surface area contributed by atoms with E-state index in [4.69, 9.17) is 5.73 Å². The first-order chi connectivity index (χ1) is 12.7. The summed E-state index contributed by atoms with van der Waals surface area (Å²) in [6.07, 6.45) is 0.895. The van der Waals surface area contributed by atoms with Gasteiger partial charge in [0.25, 0.3) is 5.91 Å². The second kappa shape index (κ2) is 6.91. The van der Waals surface area contributed by atoms with Crippen molar-refractivity contribution < 1.29 is 22.0 Å². The molecule has 0 radical (unpaired) electrons. The molecular weight excluding hydrogens is 380 g/mol. The molecule has 0 saturated carbocycles. The highest BCUT2D eigenvalue weighted by atomic mass is 32.2. The largest absolute Gasteiger partial charge is 0.369 e. The molecule has 1 aromatic heterocycles. The third-order valence-corrected chi connectivity index (χ3v) is 5.73. The normalized spacial score (nSPS) is 18.7. The van der Waals surface area contributed by atoms with Crippen molar-refractivity contribution in [3.05, 3.63) is 59.4 Å². The maximum Gasteiger partial charge on any atom is 0.274 e. The first-order valence-corrected chi connectivity index (χ1v) is 9.30. The molecular formula is C16H15F2N5O3S. The number of nitrogens with two attached hydrogens (primary N) is 1. The van der Waals surface area contributed by atoms with E-state index in [2.05, 4.69) is 15.3 Å². The fourth-order valence-corrected chi connectivity index (χ4v) is 3.68. The fraction of sp³-hybridized carbons (Fsp3) is 0.188. The number of halogens is 2. The molecule has 2 heterocycles. The number of sulfonamides is 1. The van der Waals surface area contributed by atoms with Crippen LogP contribution in [0.1, 0.15) is 22.1 Å². The van der Waals surface area contributed by atoms with Crippen molar-refractivity contribution in [2.45, 2.75) is 6.04 Å². The van der Waals surface area contributed by atoms with Gasteiger partial charge in [-0.1, -0.05) is 0 Å². The number of nitrogens with one attached hydrogen (secondary N) is 1. The molecule has 1 aromatic carbocycles. The second-order valence-electron chi connectivity index (χ2n) is 5.80. The average Bonchev–Trinajstić information content (AvgIpc) is 2.61. The maximum atomic E-state index is 14.2. The monoisotopic (exact) mass is 395 g/mol. The van der Waals surface area contributed by atoms with E-state index < -0.39 is 39.4 Å². The quantitative estimate of drug-likeness (QED) is 0.811. The summed E-state index contributed by atoms with van der Waals surface area (Å²) in [5, 5.41) is 2.49. The molecule has 11 heteroatoms. The Hall–Kier alpha value is -3.08. The Balaban J connectivity index is 1.89. The Morgan fingerprint density at radius 3 is 2.67 bits per heavy atom. The first kappa shape index (κ1) is 18.7. The summed E-state index contributed by atoms with van der Waals surface area (Å²) in [6, 6.07) is 4.89. The van der Waals surface area contributed by atoms with Gasteiger partial charge >= 0.3 is 0 Å². The van der Waals surface area contributed by atoms with E-state index in [1.54, 1.807) is 0 Å². The number of anilines is 1. The van der Waals surface area contributed by atoms with Gasteiger partial charge in [-0.25, -0.2) is 31.5 Å². The number of guanidine groups is 1. The van der Waals surface area contributed by atoms with Gasteiger partial charge in [0.05, 0.1) is 18.0 Å². The van der Waals surface area contributed by atoms with Crippen LogP contribution in [0.5, 0.6) is 0 Å². The zero-order valence-electron chi connectivity index (χ0n) is 14.1. The second-order valence-corrected chi connectivity index (χ2v) is 7.85. The highest BCUT2D eigenvalue weighted by molar-refractivity contribution is 7.89. The lowest BCUT2D eigenvalue weighted by molar-refractivity contribution is 0.102. The molecule has 0 aliphatic carbocycles. The molecule has 0 unspecified atom stereocenters. The van der Waals surface area contributed by atoms with E-state index in [0.717, 1.165) is 22.6 Å². The molecule has 1 atom stereocenters. The number of carbonyl (C=O) groups is 1. The molecule has 1 amide bonds. The van der Waals surface area contributed by atoms with Crippen LogP contribution in [0.3, 0.4) is 0 Å². The van der Waals surface area contributed by atoms with Gasteiger partial charge in [-0.2, -0.15) is 0 Å². The minimum atomic E-state index is -3.73. The van der Waals surface area contributed by atoms with Crippen LogP contribution in [0, 0.1) is 11.6 Å². The summed E-state index contributed by atoms with van der Waals surface area (Å²) < 4.78 is 52.2. The van der Waals surface area contributed by atoms with Crippen LogP contribution in [0.4, 0.5) is 14.5 Å². The molecule has 1 aliphatic rings. The smallest absolute Gasteiger partial charge is 0.274 e. The van der Waals surface area contributed by atoms with Crippen LogP contribution >= 0.6 is 0 Å². The molecule has 0 bridgehead atoms. The predicted octanol–water partition coefficient (Wildman–Crippen LogP) is 1.24. The molecule has 1 aliphatic heterocycles. The zero-order chi connectivity index (χ0) is 19.8. The van der Waals surface area contributed by atoms with E-state index in [-0.39, 0.29) is 22.9 Å². The highest BCUT2D eigenvalue weighted by Gasteiger charge is 2.32. The molecule has 3 N–H and O–H groups in total. The van der Waals surface area contributed by atoms with Crippen molar-refractivity contribution >= 4 is 27.6 Å². The van der Waals surface area contributed by atoms with Gasteiger partial charge < -0.3 is 11.1 Å². The number of carbonyl (C=O) groups excluding carboxylic acids is 1. The van der Waals surface area contributed by atoms with Crippen molar-refractivity contribution in [1.29, 1.82) is 0 Å². The lowest BCUT2D eigenvalue weighted by Gasteiger charge is -2.27. The number of pyridine rings is 1. The van der Waals surface area contributed by atoms with Gasteiger partial charge in [-0.15, -0.1) is 0 Å². The molecule has 8 nitrogen and oxygen atoms in total. The van der Waals surface area contributed by atoms with Gasteiger partial charge in [0.2, 0.25) is 16.0 Å². The van der Waals surface area contributed by atoms with Crippen LogP contribution in [0.25, 0.3) is 0 Å². The van der Waals surface area contributed by atoms with Crippen molar-refractivity contribution in [3.8, 4) is 0 Å². The third-order valence-electron chi connectivity index (χ3n) is 3.97. The van der Waals surface area contributed by atoms with Crippen molar-refractivity contribution in [3.63, 3.8) is 0 Å². The van der Waals surface area contributed by atoms with Crippen LogP contribution in [-0.4, -0.2) is 42.4 Å². The molecule has 2 aromatic rings. The van der Waals surface area contributed by atoms with Crippen LogP contribution in [0.15, 0.2) is 41.5 Å². The van der Waals surface area contributed by atoms with Gasteiger partial charge in [0.1, 0.15) is 17.3 Å². The summed E-state index contributed by atoms with van der Waals surface area (Å²) in [5.41, 5.74) is 5.74. The van der Waals surface area contributed by atoms with E-state index in [9.17, 15) is 22.0 Å². The van der Waals surface area contributed by atoms with Crippen molar-refractivity contribution in [1.82, 2.24) is 9.29 Å². The van der Waals surface area contributed by atoms with E-state index in [1.165, 1.54) is 25.2 Å². The Labute approximate surface area is 153 Å². The topological polar surface area (TPSA) is 118 Å². The molecule has 27 heavy (non-hydrogen) atoms. The number of hydrogen-bond donors (Lipinski definition) is 2. The Kier molecular flexibility index (Phi) is 4.79. The van der Waals surface area contributed by atoms with E-state index in [0.29, 0.717) is 0 Å². The minimum Gasteiger partial charge on any atom is -0.369 e. The SMILES string of the molecule is CN1C(N)=N[C@H](c2cc(NC(=O)c3ccc(F)cn3)ccc2F)CS1(=O)=O. The number of aromatic nitrogens is 1. The molecule has 142 valence electrons. The van der Waals surface area contributed by atoms with Gasteiger partial charge in [-0.05, 0) is 30.3 Å². The molecule has 0 fully saturated rings. The number of hydrogen-bond acceptors (Lipinski definition) is 6. The van der Waals surface area contributed by atoms with Gasteiger partial charge in [0, 0.05) is 18.3 Å². The number of amides is 1. The van der Waals surface area contributed by atoms with Crippen LogP contribution < -0.4 is 11.1 Å². The maximum absolute atomic E-state index is 14.2. The minimum absolute atomic E-state index is 0.0282. The van der Waals surface area contributed by atoms with Crippen molar-refractivity contribution in [2.75, 3.05) is 18.1 Å². The Bertz CT molecular complexity index is 1020. The number of nitrogens with zero attached hydrogens (tertiary/aromatic N) is 3. The number of benzene rings is 1. The zero-order valence-corrected chi connectivity index (χ0v) is 14.9. The lowest BCUT2D eigenvalue weighted by Crippen LogP contribution is -2.45. The van der Waals surface area contributed by atoms with E-state index >= 15 is 0 Å². The lowest BCUT2D eigenvalue weighted by atomic mass is 10.1. The van der Waals surface area contributed by atoms with Gasteiger partial charge in [-0.3, -0.25) is 4.79 Å². The van der Waals surface area contributed by atoms with Crippen LogP contribution in [-0.2, 0) is 10.0 Å². The summed E-state index contributed by atoms with van der Waals surface area (Å²) in [6.45, 7) is 0. The molecule has 3 rings (SSSR count). The Morgan fingerprint density at radius 2 is 2.04 bits per heavy atom. The summed E-state index contributed by atoms with van der Waals surface area (Å²) in [4.78, 5) is 19.8. The summed E-state index contributed by atoms with van der Waals surface area (Å²) in [5.74, 6) is -2.62. The Morgan fingerprint density at radius 1 is 1.30 bits per heavy atom. The number of rotatable bonds is 3. The summed E-state index contributed by atoms with van der Waals surface area (Å²) >= 11 is 0. The van der Waals surface area contributed by atoms with Crippen LogP contribution in [0.2, 0.25) is 0 Å². The number of aliphatic imine (C=N–C) groups is 1. The molecule has 0 spiro atoms. The van der Waals surface area contributed by atoms with E-state index in [1.807, 2.05) is 0 Å². The summed E-state index contributed by atoms with van der Waals surface area (Å²) in [7, 11) is -2.47. The molecule has 0 saturated heterocycles. The average molecular weight is 395 g/mol. The fourth-order valence-electron chi connectivity index (χ4n) is 2.47. The highest BCUT2D eigenvalue weighted by Crippen LogP contribution is 2.29. The first-order valence-electron chi connectivity index (χ1n) is 7.69. The third kappa shape index (κ3) is 3.87. The predicted molar refractivity (Wildman–Crippen MR) is 94.5 cm³/mol.